The molecule has 0 radical (unpaired) electrons. The molecule has 2 aromatic heterocycles. The molecule has 0 N–H and O–H groups in total. The summed E-state index contributed by atoms with van der Waals surface area (Å²) in [5.74, 6) is 0. The first-order chi connectivity index (χ1) is 22.2. The molecule has 4 nitrogen and oxygen atoms in total. The molecule has 1 aliphatic carbocycles. The van der Waals surface area contributed by atoms with Crippen LogP contribution in [-0.2, 0) is 6.42 Å². The number of nitrogens with zero attached hydrogens (tertiary/aromatic N) is 4. The Morgan fingerprint density at radius 2 is 1.22 bits per heavy atom. The highest BCUT2D eigenvalue weighted by Gasteiger charge is 2.24. The molecule has 0 spiro atoms. The standard InChI is InChI=1S/C41H24N4/c42-24-26-18-31(25-43)41(45-37-17-9-7-15-33(37)35-21-28-12-4-5-13-30(28)23-39(35)45)40(19-26)44-36-16-8-6-14-32(36)34-20-27-10-2-1-3-11-29(27)22-38(34)44/h1-9,11-23H,10H2. The van der Waals surface area contributed by atoms with Crippen LogP contribution in [0.5, 0.6) is 0 Å². The minimum absolute atomic E-state index is 0.446. The van der Waals surface area contributed by atoms with Gasteiger partial charge in [-0.1, -0.05) is 85.0 Å². The summed E-state index contributed by atoms with van der Waals surface area (Å²) in [6, 6.07) is 42.7. The molecule has 0 saturated heterocycles. The van der Waals surface area contributed by atoms with Gasteiger partial charge in [0, 0.05) is 21.5 Å². The van der Waals surface area contributed by atoms with E-state index in [1.165, 1.54) is 16.5 Å². The highest BCUT2D eigenvalue weighted by atomic mass is 15.1. The molecular formula is C41H24N4. The summed E-state index contributed by atoms with van der Waals surface area (Å²) >= 11 is 0. The van der Waals surface area contributed by atoms with Crippen LogP contribution in [0.2, 0.25) is 0 Å². The fourth-order valence-electron chi connectivity index (χ4n) is 7.17. The van der Waals surface area contributed by atoms with Crippen molar-refractivity contribution in [3.05, 3.63) is 150 Å². The number of fused-ring (bicyclic) bond motifs is 8. The molecule has 0 aliphatic heterocycles. The largest absolute Gasteiger partial charge is 0.307 e. The van der Waals surface area contributed by atoms with Gasteiger partial charge in [-0.05, 0) is 76.9 Å². The molecule has 6 aromatic carbocycles. The zero-order chi connectivity index (χ0) is 30.1. The summed E-state index contributed by atoms with van der Waals surface area (Å²) < 4.78 is 4.47. The summed E-state index contributed by atoms with van der Waals surface area (Å²) in [7, 11) is 0. The molecular weight excluding hydrogens is 548 g/mol. The van der Waals surface area contributed by atoms with Gasteiger partial charge in [-0.2, -0.15) is 10.5 Å². The summed E-state index contributed by atoms with van der Waals surface area (Å²) in [6.45, 7) is 0. The van der Waals surface area contributed by atoms with Gasteiger partial charge in [0.25, 0.3) is 0 Å². The zero-order valence-electron chi connectivity index (χ0n) is 24.2. The van der Waals surface area contributed by atoms with Crippen LogP contribution >= 0.6 is 0 Å². The minimum atomic E-state index is 0.446. The Morgan fingerprint density at radius 3 is 1.98 bits per heavy atom. The lowest BCUT2D eigenvalue weighted by molar-refractivity contribution is 1.08. The summed E-state index contributed by atoms with van der Waals surface area (Å²) in [5, 5.41) is 27.7. The molecule has 1 aliphatic rings. The molecule has 208 valence electrons. The van der Waals surface area contributed by atoms with Crippen molar-refractivity contribution < 1.29 is 0 Å². The third-order valence-corrected chi connectivity index (χ3v) is 9.14. The number of hydrogen-bond acceptors (Lipinski definition) is 2. The van der Waals surface area contributed by atoms with Crippen LogP contribution in [0.1, 0.15) is 22.3 Å². The molecule has 4 heteroatoms. The van der Waals surface area contributed by atoms with Crippen LogP contribution in [0.25, 0.3) is 71.8 Å². The van der Waals surface area contributed by atoms with Crippen molar-refractivity contribution in [2.75, 3.05) is 0 Å². The third-order valence-electron chi connectivity index (χ3n) is 9.14. The van der Waals surface area contributed by atoms with Gasteiger partial charge >= 0.3 is 0 Å². The Hall–Kier alpha value is -6.36. The maximum Gasteiger partial charge on any atom is 0.101 e. The molecule has 0 atom stereocenters. The van der Waals surface area contributed by atoms with Gasteiger partial charge in [0.05, 0.1) is 50.6 Å². The SMILES string of the molecule is N#Cc1cc(C#N)c(-n2c3ccccc3c3cc4ccccc4cc32)c(-n2c3ccccc3c3cc4c(cc32)C=CC=CC4)c1. The quantitative estimate of drug-likeness (QED) is 0.207. The first kappa shape index (κ1) is 25.2. The first-order valence-electron chi connectivity index (χ1n) is 15.0. The molecule has 0 unspecified atom stereocenters. The monoisotopic (exact) mass is 572 g/mol. The number of benzene rings is 6. The summed E-state index contributed by atoms with van der Waals surface area (Å²) in [5.41, 5.74) is 8.97. The van der Waals surface area contributed by atoms with Crippen LogP contribution in [0.4, 0.5) is 0 Å². The van der Waals surface area contributed by atoms with Gasteiger partial charge in [0.15, 0.2) is 0 Å². The zero-order valence-corrected chi connectivity index (χ0v) is 24.2. The van der Waals surface area contributed by atoms with E-state index in [0.717, 1.165) is 66.8 Å². The molecule has 9 rings (SSSR count). The molecule has 0 fully saturated rings. The van der Waals surface area contributed by atoms with Crippen LogP contribution in [0, 0.1) is 22.7 Å². The average molecular weight is 573 g/mol. The normalized spacial score (nSPS) is 12.6. The van der Waals surface area contributed by atoms with Gasteiger partial charge in [-0.25, -0.2) is 0 Å². The van der Waals surface area contributed by atoms with Crippen LogP contribution < -0.4 is 0 Å². The van der Waals surface area contributed by atoms with Gasteiger partial charge in [-0.15, -0.1) is 0 Å². The molecule has 2 heterocycles. The van der Waals surface area contributed by atoms with Crippen molar-refractivity contribution >= 4 is 60.5 Å². The predicted molar refractivity (Wildman–Crippen MR) is 184 cm³/mol. The van der Waals surface area contributed by atoms with E-state index < -0.39 is 0 Å². The van der Waals surface area contributed by atoms with E-state index in [9.17, 15) is 10.5 Å². The van der Waals surface area contributed by atoms with E-state index >= 15 is 0 Å². The fourth-order valence-corrected chi connectivity index (χ4v) is 7.17. The van der Waals surface area contributed by atoms with Crippen molar-refractivity contribution in [3.63, 3.8) is 0 Å². The van der Waals surface area contributed by atoms with Crippen LogP contribution in [-0.4, -0.2) is 9.13 Å². The lowest BCUT2D eigenvalue weighted by Gasteiger charge is -2.19. The minimum Gasteiger partial charge on any atom is -0.307 e. The van der Waals surface area contributed by atoms with Crippen molar-refractivity contribution in [2.45, 2.75) is 6.42 Å². The highest BCUT2D eigenvalue weighted by Crippen LogP contribution is 2.41. The van der Waals surface area contributed by atoms with E-state index in [-0.39, 0.29) is 0 Å². The average Bonchev–Trinajstić information content (AvgIpc) is 3.45. The van der Waals surface area contributed by atoms with Gasteiger partial charge in [0.2, 0.25) is 0 Å². The second-order valence-corrected chi connectivity index (χ2v) is 11.6. The first-order valence-corrected chi connectivity index (χ1v) is 15.0. The number of allylic oxidation sites excluding steroid dienone is 3. The lowest BCUT2D eigenvalue weighted by atomic mass is 10.0. The van der Waals surface area contributed by atoms with Gasteiger partial charge < -0.3 is 9.13 Å². The number of hydrogen-bond donors (Lipinski definition) is 0. The second-order valence-electron chi connectivity index (χ2n) is 11.6. The molecule has 0 amide bonds. The fraction of sp³-hybridized carbons (Fsp3) is 0.0244. The lowest BCUT2D eigenvalue weighted by Crippen LogP contribution is -2.07. The molecule has 0 bridgehead atoms. The van der Waals surface area contributed by atoms with Gasteiger partial charge in [-0.3, -0.25) is 0 Å². The Morgan fingerprint density at radius 1 is 0.556 bits per heavy atom. The number of nitriles is 2. The van der Waals surface area contributed by atoms with Crippen LogP contribution in [0.15, 0.2) is 127 Å². The van der Waals surface area contributed by atoms with Crippen molar-refractivity contribution in [1.29, 1.82) is 10.5 Å². The maximum atomic E-state index is 10.7. The van der Waals surface area contributed by atoms with E-state index in [1.54, 1.807) is 6.07 Å². The van der Waals surface area contributed by atoms with E-state index in [1.807, 2.05) is 12.1 Å². The summed E-state index contributed by atoms with van der Waals surface area (Å²) in [4.78, 5) is 0. The topological polar surface area (TPSA) is 57.4 Å². The Balaban J connectivity index is 1.49. The van der Waals surface area contributed by atoms with Crippen molar-refractivity contribution in [2.24, 2.45) is 0 Å². The van der Waals surface area contributed by atoms with E-state index in [2.05, 4.69) is 137 Å². The Labute approximate surface area is 259 Å². The predicted octanol–water partition coefficient (Wildman–Crippen LogP) is 9.90. The summed E-state index contributed by atoms with van der Waals surface area (Å²) in [6.07, 6.45) is 9.39. The van der Waals surface area contributed by atoms with Crippen LogP contribution in [0.3, 0.4) is 0 Å². The number of rotatable bonds is 2. The van der Waals surface area contributed by atoms with Crippen molar-refractivity contribution in [3.8, 4) is 23.5 Å². The Bertz CT molecular complexity index is 2700. The highest BCUT2D eigenvalue weighted by molar-refractivity contribution is 6.15. The molecule has 45 heavy (non-hydrogen) atoms. The smallest absolute Gasteiger partial charge is 0.101 e. The van der Waals surface area contributed by atoms with E-state index in [4.69, 9.17) is 0 Å². The second kappa shape index (κ2) is 9.58. The Kier molecular flexibility index (Phi) is 5.36. The molecule has 0 saturated carbocycles. The van der Waals surface area contributed by atoms with Gasteiger partial charge in [0.1, 0.15) is 6.07 Å². The van der Waals surface area contributed by atoms with E-state index in [0.29, 0.717) is 11.1 Å². The van der Waals surface area contributed by atoms with Crippen molar-refractivity contribution in [1.82, 2.24) is 9.13 Å². The third kappa shape index (κ3) is 3.64. The number of para-hydroxylation sites is 2. The maximum absolute atomic E-state index is 10.7. The number of aromatic nitrogens is 2. The molecule has 8 aromatic rings.